The lowest BCUT2D eigenvalue weighted by molar-refractivity contribution is 0.171. The summed E-state index contributed by atoms with van der Waals surface area (Å²) in [6.45, 7) is 8.27. The molecule has 2 aliphatic rings. The number of aliphatic hydroxyl groups excluding tert-OH is 1. The highest BCUT2D eigenvalue weighted by atomic mass is 16.5. The van der Waals surface area contributed by atoms with Gasteiger partial charge in [0.1, 0.15) is 30.0 Å². The second kappa shape index (κ2) is 15.5. The number of amides is 2. The third kappa shape index (κ3) is 7.96. The molecule has 0 bridgehead atoms. The predicted molar refractivity (Wildman–Crippen MR) is 205 cm³/mol. The van der Waals surface area contributed by atoms with E-state index in [1.807, 2.05) is 93.1 Å². The molecule has 7 rings (SSSR count). The van der Waals surface area contributed by atoms with Crippen molar-refractivity contribution in [3.05, 3.63) is 89.7 Å². The summed E-state index contributed by atoms with van der Waals surface area (Å²) in [7, 11) is 4.00. The fraction of sp³-hybridized carbons (Fsp3) is 0.450. The van der Waals surface area contributed by atoms with Crippen LogP contribution in [0.4, 0.5) is 16.6 Å². The predicted octanol–water partition coefficient (Wildman–Crippen LogP) is 6.28. The Kier molecular flexibility index (Phi) is 10.6. The normalized spacial score (nSPS) is 18.9. The van der Waals surface area contributed by atoms with Gasteiger partial charge < -0.3 is 29.7 Å². The molecule has 53 heavy (non-hydrogen) atoms. The van der Waals surface area contributed by atoms with E-state index in [-0.39, 0.29) is 24.8 Å². The molecule has 3 atom stereocenters. The van der Waals surface area contributed by atoms with Crippen LogP contribution in [0.15, 0.2) is 72.9 Å². The van der Waals surface area contributed by atoms with E-state index < -0.39 is 5.41 Å². The van der Waals surface area contributed by atoms with Crippen LogP contribution in [0, 0.1) is 0 Å². The van der Waals surface area contributed by atoms with E-state index in [1.165, 1.54) is 6.42 Å². The number of benzene rings is 2. The van der Waals surface area contributed by atoms with Crippen LogP contribution in [0.2, 0.25) is 0 Å². The van der Waals surface area contributed by atoms with Gasteiger partial charge in [0, 0.05) is 36.7 Å². The van der Waals surface area contributed by atoms with Crippen LogP contribution in [0.25, 0.3) is 11.3 Å². The summed E-state index contributed by atoms with van der Waals surface area (Å²) in [5.41, 5.74) is 3.61. The van der Waals surface area contributed by atoms with Crippen LogP contribution >= 0.6 is 0 Å². The third-order valence-electron chi connectivity index (χ3n) is 10.3. The zero-order chi connectivity index (χ0) is 37.1. The Balaban J connectivity index is 1.08. The molecular formula is C40H51N9O4. The summed E-state index contributed by atoms with van der Waals surface area (Å²) in [5.74, 6) is 2.78. The number of aromatic nitrogens is 5. The molecule has 5 aromatic rings. The number of hydrogen-bond acceptors (Lipinski definition) is 9. The van der Waals surface area contributed by atoms with E-state index in [0.29, 0.717) is 42.8 Å². The van der Waals surface area contributed by atoms with Crippen LogP contribution in [0.5, 0.6) is 11.5 Å². The summed E-state index contributed by atoms with van der Waals surface area (Å²) in [4.78, 5) is 18.1. The first-order valence-corrected chi connectivity index (χ1v) is 18.6. The Morgan fingerprint density at radius 1 is 0.981 bits per heavy atom. The fourth-order valence-corrected chi connectivity index (χ4v) is 7.15. The minimum Gasteiger partial charge on any atom is -0.492 e. The van der Waals surface area contributed by atoms with Gasteiger partial charge in [0.2, 0.25) is 5.95 Å². The molecule has 3 N–H and O–H groups in total. The van der Waals surface area contributed by atoms with Crippen LogP contribution in [-0.4, -0.2) is 86.9 Å². The Labute approximate surface area is 310 Å². The van der Waals surface area contributed by atoms with E-state index in [1.54, 1.807) is 4.68 Å². The molecule has 1 saturated heterocycles. The Morgan fingerprint density at radius 3 is 2.60 bits per heavy atom. The highest BCUT2D eigenvalue weighted by Crippen LogP contribution is 2.39. The van der Waals surface area contributed by atoms with Gasteiger partial charge in [0.05, 0.1) is 30.2 Å². The minimum absolute atomic E-state index is 0.0999. The van der Waals surface area contributed by atoms with E-state index in [0.717, 1.165) is 60.1 Å². The second-order valence-electron chi connectivity index (χ2n) is 15.1. The largest absolute Gasteiger partial charge is 0.492 e. The molecular weight excluding hydrogens is 670 g/mol. The number of rotatable bonds is 12. The molecule has 280 valence electrons. The molecule has 1 aliphatic carbocycles. The average Bonchev–Trinajstić information content (AvgIpc) is 3.77. The maximum absolute atomic E-state index is 13.7. The molecule has 4 heterocycles. The van der Waals surface area contributed by atoms with Gasteiger partial charge in [-0.1, -0.05) is 44.2 Å². The van der Waals surface area contributed by atoms with Crippen LogP contribution in [-0.2, 0) is 5.41 Å². The molecule has 2 aromatic carbocycles. The number of carbonyl (C=O) groups is 1. The summed E-state index contributed by atoms with van der Waals surface area (Å²) >= 11 is 0. The first kappa shape index (κ1) is 36.2. The molecule has 2 amide bonds. The van der Waals surface area contributed by atoms with E-state index >= 15 is 0 Å². The van der Waals surface area contributed by atoms with E-state index in [9.17, 15) is 9.90 Å². The van der Waals surface area contributed by atoms with Gasteiger partial charge in [-0.15, -0.1) is 10.2 Å². The fourth-order valence-electron chi connectivity index (χ4n) is 7.15. The number of nitrogens with one attached hydrogen (secondary N) is 2. The van der Waals surface area contributed by atoms with Crippen molar-refractivity contribution in [2.45, 2.75) is 76.5 Å². The molecule has 1 fully saturated rings. The van der Waals surface area contributed by atoms with Gasteiger partial charge in [0.25, 0.3) is 0 Å². The number of likely N-dealkylation sites (N-methyl/N-ethyl adjacent to an activating group) is 1. The van der Waals surface area contributed by atoms with Crippen molar-refractivity contribution in [1.29, 1.82) is 0 Å². The molecule has 13 heteroatoms. The van der Waals surface area contributed by atoms with Gasteiger partial charge in [-0.3, -0.25) is 9.72 Å². The molecule has 0 radical (unpaired) electrons. The highest BCUT2D eigenvalue weighted by Gasteiger charge is 2.31. The van der Waals surface area contributed by atoms with Crippen molar-refractivity contribution in [3.8, 4) is 17.2 Å². The summed E-state index contributed by atoms with van der Waals surface area (Å²) in [6.07, 6.45) is 6.74. The van der Waals surface area contributed by atoms with Gasteiger partial charge in [-0.2, -0.15) is 5.10 Å². The lowest BCUT2D eigenvalue weighted by Crippen LogP contribution is -2.38. The molecule has 3 aromatic heterocycles. The topological polar surface area (TPSA) is 134 Å². The number of urea groups is 1. The average molecular weight is 722 g/mol. The van der Waals surface area contributed by atoms with Crippen molar-refractivity contribution < 1.29 is 19.4 Å². The molecule has 13 nitrogen and oxygen atoms in total. The Morgan fingerprint density at radius 2 is 1.81 bits per heavy atom. The van der Waals surface area contributed by atoms with Crippen LogP contribution in [0.1, 0.15) is 81.8 Å². The molecule has 1 unspecified atom stereocenters. The number of aliphatic hydroxyl groups is 1. The van der Waals surface area contributed by atoms with Gasteiger partial charge in [-0.05, 0) is 88.5 Å². The molecule has 0 spiro atoms. The monoisotopic (exact) mass is 721 g/mol. The lowest BCUT2D eigenvalue weighted by atomic mass is 9.85. The highest BCUT2D eigenvalue weighted by molar-refractivity contribution is 5.89. The minimum atomic E-state index is -0.623. The first-order valence-electron chi connectivity index (χ1n) is 18.6. The second-order valence-corrected chi connectivity index (χ2v) is 15.1. The quantitative estimate of drug-likeness (QED) is 0.136. The molecule has 0 saturated carbocycles. The van der Waals surface area contributed by atoms with Crippen molar-refractivity contribution >= 4 is 23.4 Å². The summed E-state index contributed by atoms with van der Waals surface area (Å²) in [5, 5.41) is 30.2. The number of piperidine rings is 1. The van der Waals surface area contributed by atoms with E-state index in [4.69, 9.17) is 14.6 Å². The zero-order valence-electron chi connectivity index (χ0n) is 31.3. The van der Waals surface area contributed by atoms with Crippen LogP contribution in [0.3, 0.4) is 0 Å². The number of nitrogens with zero attached hydrogens (tertiary/aromatic N) is 7. The summed E-state index contributed by atoms with van der Waals surface area (Å²) in [6, 6.07) is 21.3. The number of anilines is 2. The number of fused-ring (bicyclic) bond motifs is 2. The van der Waals surface area contributed by atoms with Gasteiger partial charge >= 0.3 is 6.03 Å². The van der Waals surface area contributed by atoms with Crippen molar-refractivity contribution in [2.24, 2.45) is 0 Å². The van der Waals surface area contributed by atoms with Crippen molar-refractivity contribution in [1.82, 2.24) is 34.6 Å². The van der Waals surface area contributed by atoms with Crippen molar-refractivity contribution in [3.63, 3.8) is 0 Å². The SMILES string of the molecule is CC1CCCCN1c1nnc2ccc(O[C@@H]3CC[C@H](NC(=O)Nc4cc(C(C)(C)CO)nn4-c4cccc(OCCN(C)C)c4)c4ccccc43)cn12. The zero-order valence-corrected chi connectivity index (χ0v) is 31.3. The van der Waals surface area contributed by atoms with Crippen LogP contribution < -0.4 is 25.0 Å². The number of hydrogen-bond donors (Lipinski definition) is 3. The lowest BCUT2D eigenvalue weighted by Gasteiger charge is -2.33. The van der Waals surface area contributed by atoms with Gasteiger partial charge in [-0.25, -0.2) is 9.48 Å². The Bertz CT molecular complexity index is 2040. The van der Waals surface area contributed by atoms with Crippen molar-refractivity contribution in [2.75, 3.05) is 50.6 Å². The Hall–Kier alpha value is -5.14. The van der Waals surface area contributed by atoms with E-state index in [2.05, 4.69) is 49.7 Å². The van der Waals surface area contributed by atoms with Gasteiger partial charge in [0.15, 0.2) is 5.65 Å². The number of carbonyl (C=O) groups excluding carboxylic acids is 1. The third-order valence-corrected chi connectivity index (χ3v) is 10.3. The summed E-state index contributed by atoms with van der Waals surface area (Å²) < 4.78 is 16.4. The number of pyridine rings is 1. The first-order chi connectivity index (χ1) is 25.6. The smallest absolute Gasteiger partial charge is 0.320 e. The molecule has 1 aliphatic heterocycles. The standard InChI is InChI=1S/C40H51N9O4/c1-27-11-8-9-20-47(27)39-44-43-36-19-16-30(25-48(36)39)53-34-18-17-33(31-14-6-7-15-32(31)34)41-38(51)42-37-24-35(40(2,3)26-50)45-49(37)28-12-10-13-29(23-28)52-22-21-46(4)5/h6-7,10,12-16,19,23-25,27,33-34,50H,8-9,11,17-18,20-22,26H2,1-5H3,(H2,41,42,51)/t27?,33-,34+/m0/s1. The maximum atomic E-state index is 13.7. The maximum Gasteiger partial charge on any atom is 0.320 e. The number of ether oxygens (including phenoxy) is 2.